The average molecular weight is 424 g/mol. The third-order valence-corrected chi connectivity index (χ3v) is 4.91. The van der Waals surface area contributed by atoms with Crippen LogP contribution in [0.2, 0.25) is 0 Å². The lowest BCUT2D eigenvalue weighted by molar-refractivity contribution is -0.141. The minimum atomic E-state index is -4.49. The summed E-state index contributed by atoms with van der Waals surface area (Å²) in [5.41, 5.74) is 4.67. The number of halogens is 4. The number of aromatic nitrogens is 2. The van der Waals surface area contributed by atoms with Crippen molar-refractivity contribution in [3.05, 3.63) is 18.1 Å². The molecule has 0 spiro atoms. The summed E-state index contributed by atoms with van der Waals surface area (Å²) in [6.07, 6.45) is -0.878. The predicted molar refractivity (Wildman–Crippen MR) is 99.2 cm³/mol. The van der Waals surface area contributed by atoms with Crippen molar-refractivity contribution >= 4 is 24.1 Å². The fourth-order valence-corrected chi connectivity index (χ4v) is 3.50. The van der Waals surface area contributed by atoms with E-state index < -0.39 is 18.0 Å². The molecule has 2 aliphatic heterocycles. The van der Waals surface area contributed by atoms with Gasteiger partial charge in [0.2, 0.25) is 0 Å². The van der Waals surface area contributed by atoms with Crippen molar-refractivity contribution in [3.8, 4) is 0 Å². The fraction of sp³-hybridized carbons (Fsp3) is 0.706. The quantitative estimate of drug-likeness (QED) is 0.778. The highest BCUT2D eigenvalue weighted by Crippen LogP contribution is 2.29. The second-order valence-corrected chi connectivity index (χ2v) is 7.10. The maximum absolute atomic E-state index is 12.6. The van der Waals surface area contributed by atoms with Crippen LogP contribution in [-0.2, 0) is 15.7 Å². The number of ether oxygens (including phenoxy) is 1. The molecule has 2 N–H and O–H groups in total. The first-order valence-electron chi connectivity index (χ1n) is 9.07. The summed E-state index contributed by atoms with van der Waals surface area (Å²) in [5.74, 6) is 0.427. The Hall–Kier alpha value is -1.65. The fourth-order valence-electron chi connectivity index (χ4n) is 3.50. The second kappa shape index (κ2) is 9.23. The van der Waals surface area contributed by atoms with Crippen LogP contribution in [0.3, 0.4) is 0 Å². The zero-order chi connectivity index (χ0) is 19.6. The number of nitrogens with zero attached hydrogens (tertiary/aromatic N) is 4. The largest absolute Gasteiger partial charge is 0.434 e. The Kier molecular flexibility index (Phi) is 7.46. The van der Waals surface area contributed by atoms with E-state index in [1.165, 1.54) is 0 Å². The first-order chi connectivity index (χ1) is 12.8. The van der Waals surface area contributed by atoms with Crippen molar-refractivity contribution in [1.82, 2.24) is 14.9 Å². The molecule has 2 fully saturated rings. The summed E-state index contributed by atoms with van der Waals surface area (Å²) < 4.78 is 43.3. The molecule has 2 aliphatic rings. The van der Waals surface area contributed by atoms with Gasteiger partial charge >= 0.3 is 6.18 Å². The molecule has 0 saturated carbocycles. The zero-order valence-electron chi connectivity index (χ0n) is 15.6. The Morgan fingerprint density at radius 3 is 2.43 bits per heavy atom. The Morgan fingerprint density at radius 2 is 1.89 bits per heavy atom. The number of amides is 1. The van der Waals surface area contributed by atoms with E-state index in [-0.39, 0.29) is 30.4 Å². The number of alkyl halides is 3. The minimum absolute atomic E-state index is 0. The average Bonchev–Trinajstić information content (AvgIpc) is 3.00. The topological polar surface area (TPSA) is 84.6 Å². The minimum Gasteiger partial charge on any atom is -0.367 e. The Labute approximate surface area is 167 Å². The normalized spacial score (nSPS) is 22.3. The molecule has 28 heavy (non-hydrogen) atoms. The summed E-state index contributed by atoms with van der Waals surface area (Å²) in [6.45, 7) is 4.07. The first-order valence-corrected chi connectivity index (χ1v) is 9.07. The third kappa shape index (κ3) is 5.24. The van der Waals surface area contributed by atoms with E-state index >= 15 is 0 Å². The second-order valence-electron chi connectivity index (χ2n) is 7.10. The third-order valence-electron chi connectivity index (χ3n) is 4.91. The molecule has 1 aromatic heterocycles. The molecule has 0 radical (unpaired) electrons. The van der Waals surface area contributed by atoms with Gasteiger partial charge < -0.3 is 20.3 Å². The van der Waals surface area contributed by atoms with Crippen LogP contribution in [0.1, 0.15) is 31.9 Å². The van der Waals surface area contributed by atoms with E-state index in [0.29, 0.717) is 38.5 Å². The summed E-state index contributed by atoms with van der Waals surface area (Å²) in [5, 5.41) is 0. The molecular weight excluding hydrogens is 399 g/mol. The van der Waals surface area contributed by atoms with Crippen LogP contribution in [0.15, 0.2) is 12.4 Å². The SMILES string of the molecule is CC(N)COC1CCN(C2CCN(c3cnc(C(F)(F)F)cn3)CC2)C1=O.Cl. The smallest absolute Gasteiger partial charge is 0.367 e. The van der Waals surface area contributed by atoms with Gasteiger partial charge in [-0.25, -0.2) is 9.97 Å². The summed E-state index contributed by atoms with van der Waals surface area (Å²) in [7, 11) is 0. The highest BCUT2D eigenvalue weighted by Gasteiger charge is 2.38. The number of piperidine rings is 1. The van der Waals surface area contributed by atoms with E-state index in [1.54, 1.807) is 0 Å². The molecule has 3 rings (SSSR count). The lowest BCUT2D eigenvalue weighted by atomic mass is 10.0. The molecular formula is C17H25ClF3N5O2. The molecule has 2 saturated heterocycles. The van der Waals surface area contributed by atoms with Gasteiger partial charge in [-0.1, -0.05) is 0 Å². The van der Waals surface area contributed by atoms with Crippen molar-refractivity contribution in [2.45, 2.75) is 50.6 Å². The van der Waals surface area contributed by atoms with Gasteiger partial charge in [0, 0.05) is 38.1 Å². The summed E-state index contributed by atoms with van der Waals surface area (Å²) >= 11 is 0. The maximum atomic E-state index is 12.6. The van der Waals surface area contributed by atoms with Crippen molar-refractivity contribution < 1.29 is 22.7 Å². The van der Waals surface area contributed by atoms with E-state index in [9.17, 15) is 18.0 Å². The molecule has 0 bridgehead atoms. The Balaban J connectivity index is 0.00000280. The van der Waals surface area contributed by atoms with Crippen molar-refractivity contribution in [2.75, 3.05) is 31.1 Å². The summed E-state index contributed by atoms with van der Waals surface area (Å²) in [4.78, 5) is 23.6. The first kappa shape index (κ1) is 22.6. The van der Waals surface area contributed by atoms with E-state index in [2.05, 4.69) is 9.97 Å². The number of rotatable bonds is 5. The van der Waals surface area contributed by atoms with Crippen molar-refractivity contribution in [3.63, 3.8) is 0 Å². The van der Waals surface area contributed by atoms with Crippen LogP contribution in [-0.4, -0.2) is 65.2 Å². The number of hydrogen-bond acceptors (Lipinski definition) is 6. The molecule has 0 aromatic carbocycles. The van der Waals surface area contributed by atoms with E-state index in [4.69, 9.17) is 10.5 Å². The lowest BCUT2D eigenvalue weighted by Gasteiger charge is -2.37. The van der Waals surface area contributed by atoms with Crippen molar-refractivity contribution in [2.24, 2.45) is 5.73 Å². The molecule has 3 heterocycles. The number of hydrogen-bond donors (Lipinski definition) is 1. The van der Waals surface area contributed by atoms with Gasteiger partial charge in [0.25, 0.3) is 5.91 Å². The molecule has 11 heteroatoms. The van der Waals surface area contributed by atoms with Crippen LogP contribution in [0.5, 0.6) is 0 Å². The van der Waals surface area contributed by atoms with Gasteiger partial charge in [-0.2, -0.15) is 13.2 Å². The molecule has 0 aliphatic carbocycles. The number of anilines is 1. The highest BCUT2D eigenvalue weighted by molar-refractivity contribution is 5.85. The van der Waals surface area contributed by atoms with Gasteiger partial charge in [-0.15, -0.1) is 12.4 Å². The van der Waals surface area contributed by atoms with E-state index in [1.807, 2.05) is 16.7 Å². The Bertz CT molecular complexity index is 651. The highest BCUT2D eigenvalue weighted by atomic mass is 35.5. The van der Waals surface area contributed by atoms with Crippen LogP contribution in [0.25, 0.3) is 0 Å². The van der Waals surface area contributed by atoms with Gasteiger partial charge in [0.05, 0.1) is 19.0 Å². The van der Waals surface area contributed by atoms with Crippen LogP contribution in [0.4, 0.5) is 19.0 Å². The summed E-state index contributed by atoms with van der Waals surface area (Å²) in [6, 6.07) is -0.00000934. The van der Waals surface area contributed by atoms with Crippen LogP contribution in [0, 0.1) is 0 Å². The van der Waals surface area contributed by atoms with Crippen LogP contribution < -0.4 is 10.6 Å². The number of carbonyl (C=O) groups is 1. The molecule has 1 aromatic rings. The molecule has 7 nitrogen and oxygen atoms in total. The molecule has 2 unspecified atom stereocenters. The monoisotopic (exact) mass is 423 g/mol. The number of nitrogens with two attached hydrogens (primary N) is 1. The molecule has 1 amide bonds. The van der Waals surface area contributed by atoms with Gasteiger partial charge in [0.15, 0.2) is 5.69 Å². The zero-order valence-corrected chi connectivity index (χ0v) is 16.4. The standard InChI is InChI=1S/C17H24F3N5O2.ClH/c1-11(21)10-27-13-4-7-25(16(13)26)12-2-5-24(6-3-12)15-9-22-14(8-23-15)17(18,19)20;/h8-9,11-13H,2-7,10,21H2,1H3;1H. The number of likely N-dealkylation sites (tertiary alicyclic amines) is 1. The van der Waals surface area contributed by atoms with Gasteiger partial charge in [-0.05, 0) is 19.8 Å². The number of carbonyl (C=O) groups excluding carboxylic acids is 1. The van der Waals surface area contributed by atoms with Crippen LogP contribution >= 0.6 is 12.4 Å². The van der Waals surface area contributed by atoms with Crippen molar-refractivity contribution in [1.29, 1.82) is 0 Å². The van der Waals surface area contributed by atoms with Gasteiger partial charge in [-0.3, -0.25) is 4.79 Å². The Morgan fingerprint density at radius 1 is 1.21 bits per heavy atom. The van der Waals surface area contributed by atoms with Gasteiger partial charge in [0.1, 0.15) is 11.9 Å². The molecule has 2 atom stereocenters. The maximum Gasteiger partial charge on any atom is 0.434 e. The van der Waals surface area contributed by atoms with E-state index in [0.717, 1.165) is 25.2 Å². The molecule has 158 valence electrons. The lowest BCUT2D eigenvalue weighted by Crippen LogP contribution is -2.47. The predicted octanol–water partition coefficient (Wildman–Crippen LogP) is 1.85.